The van der Waals surface area contributed by atoms with E-state index in [2.05, 4.69) is 24.1 Å². The first kappa shape index (κ1) is 14.4. The van der Waals surface area contributed by atoms with Gasteiger partial charge in [0.1, 0.15) is 5.82 Å². The van der Waals surface area contributed by atoms with E-state index < -0.39 is 10.7 Å². The Hall–Kier alpha value is -1.69. The monoisotopic (exact) mass is 255 g/mol. The van der Waals surface area contributed by atoms with Gasteiger partial charge >= 0.3 is 0 Å². The molecule has 5 nitrogen and oxygen atoms in total. The van der Waals surface area contributed by atoms with Gasteiger partial charge in [0.15, 0.2) is 0 Å². The van der Waals surface area contributed by atoms with Gasteiger partial charge in [-0.1, -0.05) is 13.8 Å². The molecule has 0 heterocycles. The number of halogens is 1. The van der Waals surface area contributed by atoms with Crippen molar-refractivity contribution in [3.8, 4) is 0 Å². The van der Waals surface area contributed by atoms with E-state index in [1.165, 1.54) is 12.1 Å². The highest BCUT2D eigenvalue weighted by atomic mass is 19.1. The third-order valence-corrected chi connectivity index (χ3v) is 2.74. The molecule has 0 aliphatic carbocycles. The lowest BCUT2D eigenvalue weighted by atomic mass is 10.2. The molecule has 1 rings (SSSR count). The van der Waals surface area contributed by atoms with E-state index in [4.69, 9.17) is 0 Å². The van der Waals surface area contributed by atoms with Crippen LogP contribution < -0.4 is 5.32 Å². The normalized spacial score (nSPS) is 10.7. The highest BCUT2D eigenvalue weighted by molar-refractivity contribution is 5.51. The van der Waals surface area contributed by atoms with Gasteiger partial charge in [-0.05, 0) is 19.2 Å². The Labute approximate surface area is 106 Å². The summed E-state index contributed by atoms with van der Waals surface area (Å²) in [5, 5.41) is 13.6. The Morgan fingerprint density at radius 3 is 2.56 bits per heavy atom. The van der Waals surface area contributed by atoms with Crippen LogP contribution in [0.15, 0.2) is 18.2 Å². The predicted molar refractivity (Wildman–Crippen MR) is 69.3 cm³/mol. The minimum absolute atomic E-state index is 0.236. The molecule has 0 saturated heterocycles. The lowest BCUT2D eigenvalue weighted by Crippen LogP contribution is -2.28. The third-order valence-electron chi connectivity index (χ3n) is 2.74. The molecule has 18 heavy (non-hydrogen) atoms. The van der Waals surface area contributed by atoms with Crippen molar-refractivity contribution in [3.63, 3.8) is 0 Å². The second-order valence-corrected chi connectivity index (χ2v) is 3.91. The largest absolute Gasteiger partial charge is 0.383 e. The maximum atomic E-state index is 13.2. The quantitative estimate of drug-likeness (QED) is 0.600. The van der Waals surface area contributed by atoms with Crippen molar-refractivity contribution in [1.29, 1.82) is 0 Å². The maximum Gasteiger partial charge on any atom is 0.274 e. The van der Waals surface area contributed by atoms with Crippen LogP contribution in [0.5, 0.6) is 0 Å². The molecule has 0 atom stereocenters. The molecule has 0 aromatic heterocycles. The maximum absolute atomic E-state index is 13.2. The summed E-state index contributed by atoms with van der Waals surface area (Å²) in [6, 6.07) is 3.51. The van der Waals surface area contributed by atoms with Gasteiger partial charge < -0.3 is 10.2 Å². The number of benzene rings is 1. The third kappa shape index (κ3) is 4.29. The Kier molecular flexibility index (Phi) is 5.51. The molecule has 0 unspecified atom stereocenters. The molecule has 0 spiro atoms. The first-order valence-electron chi connectivity index (χ1n) is 5.98. The number of nitro benzene ring substituents is 1. The van der Waals surface area contributed by atoms with Crippen molar-refractivity contribution in [1.82, 2.24) is 4.90 Å². The Morgan fingerprint density at radius 2 is 2.00 bits per heavy atom. The van der Waals surface area contributed by atoms with E-state index in [1.807, 2.05) is 0 Å². The van der Waals surface area contributed by atoms with Crippen LogP contribution in [0.1, 0.15) is 13.8 Å². The number of non-ortho nitro benzene ring substituents is 1. The van der Waals surface area contributed by atoms with E-state index >= 15 is 0 Å². The van der Waals surface area contributed by atoms with Crippen LogP contribution in [0.3, 0.4) is 0 Å². The van der Waals surface area contributed by atoms with Crippen LogP contribution in [-0.4, -0.2) is 36.0 Å². The van der Waals surface area contributed by atoms with Crippen LogP contribution in [0.2, 0.25) is 0 Å². The number of nitro groups is 1. The smallest absolute Gasteiger partial charge is 0.274 e. The van der Waals surface area contributed by atoms with Crippen LogP contribution in [-0.2, 0) is 0 Å². The molecule has 0 aliphatic heterocycles. The minimum atomic E-state index is -0.602. The van der Waals surface area contributed by atoms with Gasteiger partial charge in [0, 0.05) is 24.8 Å². The zero-order chi connectivity index (χ0) is 13.5. The number of likely N-dealkylation sites (N-methyl/N-ethyl adjacent to an activating group) is 1. The summed E-state index contributed by atoms with van der Waals surface area (Å²) in [4.78, 5) is 12.2. The minimum Gasteiger partial charge on any atom is -0.383 e. The molecule has 1 aromatic carbocycles. The molecule has 100 valence electrons. The van der Waals surface area contributed by atoms with Crippen LogP contribution in [0, 0.1) is 15.9 Å². The second kappa shape index (κ2) is 6.90. The van der Waals surface area contributed by atoms with Crippen LogP contribution >= 0.6 is 0 Å². The van der Waals surface area contributed by atoms with E-state index in [1.54, 1.807) is 0 Å². The SMILES string of the molecule is CCN(CC)CCNc1cc(F)cc([N+](=O)[O-])c1. The van der Waals surface area contributed by atoms with Crippen molar-refractivity contribution in [2.24, 2.45) is 0 Å². The van der Waals surface area contributed by atoms with E-state index in [9.17, 15) is 14.5 Å². The van der Waals surface area contributed by atoms with Gasteiger partial charge in [-0.25, -0.2) is 4.39 Å². The number of rotatable bonds is 7. The van der Waals surface area contributed by atoms with Crippen LogP contribution in [0.25, 0.3) is 0 Å². The lowest BCUT2D eigenvalue weighted by molar-refractivity contribution is -0.385. The summed E-state index contributed by atoms with van der Waals surface area (Å²) < 4.78 is 13.2. The fraction of sp³-hybridized carbons (Fsp3) is 0.500. The summed E-state index contributed by atoms with van der Waals surface area (Å²) >= 11 is 0. The Morgan fingerprint density at radius 1 is 1.33 bits per heavy atom. The summed E-state index contributed by atoms with van der Waals surface area (Å²) in [5.41, 5.74) is 0.203. The van der Waals surface area contributed by atoms with Crippen molar-refractivity contribution in [2.45, 2.75) is 13.8 Å². The molecule has 0 aliphatic rings. The molecule has 0 bridgehead atoms. The average Bonchev–Trinajstić information content (AvgIpc) is 2.34. The van der Waals surface area contributed by atoms with Gasteiger partial charge in [0.25, 0.3) is 5.69 Å². The topological polar surface area (TPSA) is 58.4 Å². The molecular weight excluding hydrogens is 237 g/mol. The predicted octanol–water partition coefficient (Wildman–Crippen LogP) is 2.49. The van der Waals surface area contributed by atoms with E-state index in [0.717, 1.165) is 25.7 Å². The van der Waals surface area contributed by atoms with Crippen molar-refractivity contribution < 1.29 is 9.31 Å². The standard InChI is InChI=1S/C12H18FN3O2/c1-3-15(4-2)6-5-14-11-7-10(13)8-12(9-11)16(17)18/h7-9,14H,3-6H2,1-2H3. The average molecular weight is 255 g/mol. The number of anilines is 1. The first-order chi connectivity index (χ1) is 8.56. The summed E-state index contributed by atoms with van der Waals surface area (Å²) in [5.74, 6) is -0.602. The summed E-state index contributed by atoms with van der Waals surface area (Å²) in [6.45, 7) is 7.47. The Balaban J connectivity index is 2.59. The van der Waals surface area contributed by atoms with Crippen molar-refractivity contribution in [2.75, 3.05) is 31.5 Å². The molecule has 0 radical (unpaired) electrons. The number of nitrogens with one attached hydrogen (secondary N) is 1. The van der Waals surface area contributed by atoms with Gasteiger partial charge in [-0.3, -0.25) is 10.1 Å². The number of nitrogens with zero attached hydrogens (tertiary/aromatic N) is 2. The highest BCUT2D eigenvalue weighted by Gasteiger charge is 2.09. The van der Waals surface area contributed by atoms with E-state index in [0.29, 0.717) is 12.2 Å². The molecular formula is C12H18FN3O2. The lowest BCUT2D eigenvalue weighted by Gasteiger charge is -2.18. The molecule has 1 N–H and O–H groups in total. The molecule has 1 aromatic rings. The molecule has 0 saturated carbocycles. The van der Waals surface area contributed by atoms with E-state index in [-0.39, 0.29) is 5.69 Å². The molecule has 0 amide bonds. The van der Waals surface area contributed by atoms with Gasteiger partial charge in [-0.2, -0.15) is 0 Å². The van der Waals surface area contributed by atoms with Crippen LogP contribution in [0.4, 0.5) is 15.8 Å². The van der Waals surface area contributed by atoms with Gasteiger partial charge in [0.05, 0.1) is 11.0 Å². The fourth-order valence-corrected chi connectivity index (χ4v) is 1.68. The first-order valence-corrected chi connectivity index (χ1v) is 5.98. The zero-order valence-corrected chi connectivity index (χ0v) is 10.6. The number of hydrogen-bond donors (Lipinski definition) is 1. The summed E-state index contributed by atoms with van der Waals surface area (Å²) in [7, 11) is 0. The summed E-state index contributed by atoms with van der Waals surface area (Å²) in [6.07, 6.45) is 0. The second-order valence-electron chi connectivity index (χ2n) is 3.91. The highest BCUT2D eigenvalue weighted by Crippen LogP contribution is 2.19. The zero-order valence-electron chi connectivity index (χ0n) is 10.6. The Bertz CT molecular complexity index is 408. The fourth-order valence-electron chi connectivity index (χ4n) is 1.68. The number of hydrogen-bond acceptors (Lipinski definition) is 4. The van der Waals surface area contributed by atoms with Gasteiger partial charge in [0.2, 0.25) is 0 Å². The molecule has 0 fully saturated rings. The van der Waals surface area contributed by atoms with Crippen molar-refractivity contribution in [3.05, 3.63) is 34.1 Å². The van der Waals surface area contributed by atoms with Crippen molar-refractivity contribution >= 4 is 11.4 Å². The van der Waals surface area contributed by atoms with Gasteiger partial charge in [-0.15, -0.1) is 0 Å². The molecule has 6 heteroatoms.